The molecule has 0 saturated carbocycles. The number of hydrogen-bond acceptors (Lipinski definition) is 4. The van der Waals surface area contributed by atoms with Gasteiger partial charge in [0, 0.05) is 12.3 Å². The SMILES string of the molecule is Nc1cc(S(=O)(=O)Nc2cccc(Cl)c2F)ccn1. The molecule has 0 saturated heterocycles. The van der Waals surface area contributed by atoms with Crippen molar-refractivity contribution < 1.29 is 12.8 Å². The molecule has 19 heavy (non-hydrogen) atoms. The van der Waals surface area contributed by atoms with E-state index in [0.29, 0.717) is 0 Å². The third-order valence-electron chi connectivity index (χ3n) is 2.26. The summed E-state index contributed by atoms with van der Waals surface area (Å²) in [5.41, 5.74) is 5.17. The van der Waals surface area contributed by atoms with Crippen LogP contribution in [0.5, 0.6) is 0 Å². The third kappa shape index (κ3) is 2.94. The number of nitrogens with one attached hydrogen (secondary N) is 1. The van der Waals surface area contributed by atoms with Gasteiger partial charge in [0.05, 0.1) is 15.6 Å². The lowest BCUT2D eigenvalue weighted by Gasteiger charge is -2.09. The minimum Gasteiger partial charge on any atom is -0.384 e. The highest BCUT2D eigenvalue weighted by Crippen LogP contribution is 2.24. The number of pyridine rings is 1. The van der Waals surface area contributed by atoms with E-state index in [2.05, 4.69) is 9.71 Å². The van der Waals surface area contributed by atoms with Gasteiger partial charge in [-0.15, -0.1) is 0 Å². The van der Waals surface area contributed by atoms with Gasteiger partial charge in [0.1, 0.15) is 5.82 Å². The van der Waals surface area contributed by atoms with Crippen LogP contribution in [0.2, 0.25) is 5.02 Å². The molecular weight excluding hydrogens is 293 g/mol. The summed E-state index contributed by atoms with van der Waals surface area (Å²) in [6.45, 7) is 0. The van der Waals surface area contributed by atoms with Gasteiger partial charge < -0.3 is 5.73 Å². The van der Waals surface area contributed by atoms with Crippen LogP contribution < -0.4 is 10.5 Å². The fourth-order valence-electron chi connectivity index (χ4n) is 1.38. The van der Waals surface area contributed by atoms with E-state index in [1.165, 1.54) is 36.5 Å². The normalized spacial score (nSPS) is 11.3. The van der Waals surface area contributed by atoms with Crippen LogP contribution in [0.15, 0.2) is 41.4 Å². The predicted molar refractivity (Wildman–Crippen MR) is 70.9 cm³/mol. The summed E-state index contributed by atoms with van der Waals surface area (Å²) in [7, 11) is -3.94. The van der Waals surface area contributed by atoms with E-state index in [1.807, 2.05) is 0 Å². The number of aromatic nitrogens is 1. The van der Waals surface area contributed by atoms with Crippen molar-refractivity contribution in [3.63, 3.8) is 0 Å². The van der Waals surface area contributed by atoms with E-state index in [-0.39, 0.29) is 21.4 Å². The first-order chi connectivity index (χ1) is 8.90. The maximum Gasteiger partial charge on any atom is 0.262 e. The lowest BCUT2D eigenvalue weighted by Crippen LogP contribution is -2.14. The van der Waals surface area contributed by atoms with Gasteiger partial charge in [-0.25, -0.2) is 17.8 Å². The van der Waals surface area contributed by atoms with Crippen molar-refractivity contribution in [2.24, 2.45) is 0 Å². The second kappa shape index (κ2) is 5.02. The number of rotatable bonds is 3. The highest BCUT2D eigenvalue weighted by Gasteiger charge is 2.17. The van der Waals surface area contributed by atoms with E-state index in [0.717, 1.165) is 0 Å². The van der Waals surface area contributed by atoms with Crippen molar-refractivity contribution in [2.45, 2.75) is 4.90 Å². The van der Waals surface area contributed by atoms with Gasteiger partial charge in [-0.3, -0.25) is 4.72 Å². The largest absolute Gasteiger partial charge is 0.384 e. The molecule has 2 aromatic rings. The number of hydrogen-bond donors (Lipinski definition) is 2. The molecule has 2 rings (SSSR count). The van der Waals surface area contributed by atoms with Crippen LogP contribution in [0.3, 0.4) is 0 Å². The molecule has 0 aliphatic rings. The maximum absolute atomic E-state index is 13.6. The minimum absolute atomic E-state index is 0.0504. The van der Waals surface area contributed by atoms with Crippen LogP contribution in [-0.2, 0) is 10.0 Å². The molecule has 1 aromatic heterocycles. The molecule has 0 spiro atoms. The lowest BCUT2D eigenvalue weighted by atomic mass is 10.3. The Morgan fingerprint density at radius 1 is 1.32 bits per heavy atom. The quantitative estimate of drug-likeness (QED) is 0.910. The molecule has 0 amide bonds. The monoisotopic (exact) mass is 301 g/mol. The summed E-state index contributed by atoms with van der Waals surface area (Å²) in [6.07, 6.45) is 1.25. The molecule has 0 fully saturated rings. The standard InChI is InChI=1S/C11H9ClFN3O2S/c12-8-2-1-3-9(11(8)13)16-19(17,18)7-4-5-15-10(14)6-7/h1-6,16H,(H2,14,15). The minimum atomic E-state index is -3.94. The maximum atomic E-state index is 13.6. The Balaban J connectivity index is 2.39. The Morgan fingerprint density at radius 3 is 2.74 bits per heavy atom. The van der Waals surface area contributed by atoms with Crippen molar-refractivity contribution in [1.82, 2.24) is 4.98 Å². The Labute approximate surface area is 114 Å². The highest BCUT2D eigenvalue weighted by atomic mass is 35.5. The molecular formula is C11H9ClFN3O2S. The summed E-state index contributed by atoms with van der Waals surface area (Å²) in [5.74, 6) is -0.788. The molecule has 0 unspecified atom stereocenters. The molecule has 1 heterocycles. The van der Waals surface area contributed by atoms with Crippen molar-refractivity contribution >= 4 is 33.1 Å². The predicted octanol–water partition coefficient (Wildman–Crippen LogP) is 2.26. The van der Waals surface area contributed by atoms with Gasteiger partial charge in [-0.05, 0) is 18.2 Å². The van der Waals surface area contributed by atoms with E-state index in [1.54, 1.807) is 0 Å². The first kappa shape index (κ1) is 13.6. The van der Waals surface area contributed by atoms with Crippen LogP contribution in [-0.4, -0.2) is 13.4 Å². The van der Waals surface area contributed by atoms with E-state index in [9.17, 15) is 12.8 Å². The highest BCUT2D eigenvalue weighted by molar-refractivity contribution is 7.92. The zero-order chi connectivity index (χ0) is 14.0. The smallest absolute Gasteiger partial charge is 0.262 e. The summed E-state index contributed by atoms with van der Waals surface area (Å²) >= 11 is 5.57. The number of nitrogens with two attached hydrogens (primary N) is 1. The molecule has 0 atom stereocenters. The Kier molecular flexibility index (Phi) is 3.59. The first-order valence-electron chi connectivity index (χ1n) is 5.08. The average molecular weight is 302 g/mol. The molecule has 100 valence electrons. The van der Waals surface area contributed by atoms with Crippen molar-refractivity contribution in [3.05, 3.63) is 47.4 Å². The number of anilines is 2. The van der Waals surface area contributed by atoms with Crippen LogP contribution in [0.25, 0.3) is 0 Å². The van der Waals surface area contributed by atoms with Crippen LogP contribution in [0, 0.1) is 5.82 Å². The summed E-state index contributed by atoms with van der Waals surface area (Å²) in [6, 6.07) is 6.44. The molecule has 0 bridgehead atoms. The number of nitrogens with zero attached hydrogens (tertiary/aromatic N) is 1. The van der Waals surface area contributed by atoms with Crippen LogP contribution in [0.1, 0.15) is 0 Å². The molecule has 0 radical (unpaired) electrons. The van der Waals surface area contributed by atoms with Gasteiger partial charge in [0.2, 0.25) is 0 Å². The van der Waals surface area contributed by atoms with Gasteiger partial charge in [-0.1, -0.05) is 17.7 Å². The van der Waals surface area contributed by atoms with Gasteiger partial charge in [0.25, 0.3) is 10.0 Å². The summed E-state index contributed by atoms with van der Waals surface area (Å²) in [5, 5.41) is -0.172. The second-order valence-corrected chi connectivity index (χ2v) is 5.71. The number of benzene rings is 1. The molecule has 5 nitrogen and oxygen atoms in total. The first-order valence-corrected chi connectivity index (χ1v) is 6.94. The van der Waals surface area contributed by atoms with Crippen molar-refractivity contribution in [3.8, 4) is 0 Å². The summed E-state index contributed by atoms with van der Waals surface area (Å²) < 4.78 is 39.8. The topological polar surface area (TPSA) is 85.1 Å². The van der Waals surface area contributed by atoms with Crippen molar-refractivity contribution in [1.29, 1.82) is 0 Å². The van der Waals surface area contributed by atoms with E-state index >= 15 is 0 Å². The average Bonchev–Trinajstić information content (AvgIpc) is 2.35. The fourth-order valence-corrected chi connectivity index (χ4v) is 2.64. The molecule has 0 aliphatic carbocycles. The van der Waals surface area contributed by atoms with Crippen LogP contribution >= 0.6 is 11.6 Å². The zero-order valence-corrected chi connectivity index (χ0v) is 11.0. The molecule has 0 aliphatic heterocycles. The molecule has 8 heteroatoms. The Hall–Kier alpha value is -1.86. The second-order valence-electron chi connectivity index (χ2n) is 3.62. The third-order valence-corrected chi connectivity index (χ3v) is 3.91. The van der Waals surface area contributed by atoms with Crippen LogP contribution in [0.4, 0.5) is 15.9 Å². The van der Waals surface area contributed by atoms with E-state index < -0.39 is 15.8 Å². The van der Waals surface area contributed by atoms with Crippen molar-refractivity contribution in [2.75, 3.05) is 10.5 Å². The van der Waals surface area contributed by atoms with Gasteiger partial charge >= 0.3 is 0 Å². The van der Waals surface area contributed by atoms with Gasteiger partial charge in [0.15, 0.2) is 5.82 Å². The fraction of sp³-hybridized carbons (Fsp3) is 0. The van der Waals surface area contributed by atoms with E-state index in [4.69, 9.17) is 17.3 Å². The number of nitrogen functional groups attached to an aromatic ring is 1. The zero-order valence-electron chi connectivity index (χ0n) is 9.47. The lowest BCUT2D eigenvalue weighted by molar-refractivity contribution is 0.598. The number of sulfonamides is 1. The van der Waals surface area contributed by atoms with Gasteiger partial charge in [-0.2, -0.15) is 0 Å². The molecule has 3 N–H and O–H groups in total. The Bertz CT molecular complexity index is 722. The number of halogens is 2. The summed E-state index contributed by atoms with van der Waals surface area (Å²) in [4.78, 5) is 3.57. The Morgan fingerprint density at radius 2 is 2.05 bits per heavy atom. The molecule has 1 aromatic carbocycles.